The molecule has 0 fully saturated rings. The van der Waals surface area contributed by atoms with E-state index in [4.69, 9.17) is 34.8 Å². The van der Waals surface area contributed by atoms with Crippen molar-refractivity contribution >= 4 is 34.8 Å². The maximum absolute atomic E-state index is 5.63. The van der Waals surface area contributed by atoms with Crippen molar-refractivity contribution in [2.75, 3.05) is 0 Å². The van der Waals surface area contributed by atoms with Gasteiger partial charge in [-0.1, -0.05) is 11.6 Å². The average Bonchev–Trinajstić information content (AvgIpc) is 2.49. The van der Waals surface area contributed by atoms with Gasteiger partial charge in [0.25, 0.3) is 0 Å². The summed E-state index contributed by atoms with van der Waals surface area (Å²) >= 11 is 16.4. The summed E-state index contributed by atoms with van der Waals surface area (Å²) in [6.45, 7) is 0. The highest BCUT2D eigenvalue weighted by Crippen LogP contribution is 2.14. The molecule has 0 saturated carbocycles. The minimum Gasteiger partial charge on any atom is -0.244 e. The second-order valence-electron chi connectivity index (χ2n) is 3.49. The van der Waals surface area contributed by atoms with Gasteiger partial charge in [-0.2, -0.15) is 0 Å². The van der Waals surface area contributed by atoms with Crippen LogP contribution in [0.5, 0.6) is 0 Å². The van der Waals surface area contributed by atoms with Gasteiger partial charge in [0.2, 0.25) is 10.6 Å². The van der Waals surface area contributed by atoms with Gasteiger partial charge in [-0.15, -0.1) is 0 Å². The lowest BCUT2D eigenvalue weighted by Crippen LogP contribution is -1.87. The molecule has 0 spiro atoms. The van der Waals surface area contributed by atoms with Gasteiger partial charge in [-0.25, -0.2) is 29.9 Å². The summed E-state index contributed by atoms with van der Waals surface area (Å²) < 4.78 is 0. The standard InChI is InChI=1S/C8H5ClN4.C4H2Cl2N2/c9-8-12-2-1-7(13-8)6-3-10-5-11-4-6;5-3-1-2-7-4(6)8-3/h1-5H;1-2H. The monoisotopic (exact) mass is 340 g/mol. The summed E-state index contributed by atoms with van der Waals surface area (Å²) in [6, 6.07) is 3.32. The van der Waals surface area contributed by atoms with E-state index in [9.17, 15) is 0 Å². The molecule has 6 nitrogen and oxygen atoms in total. The Morgan fingerprint density at radius 3 is 1.90 bits per heavy atom. The third-order valence-corrected chi connectivity index (χ3v) is 2.65. The number of halogens is 3. The first-order valence-electron chi connectivity index (χ1n) is 5.53. The van der Waals surface area contributed by atoms with E-state index in [1.807, 2.05) is 0 Å². The Labute approximate surface area is 135 Å². The van der Waals surface area contributed by atoms with Gasteiger partial charge in [0.15, 0.2) is 0 Å². The second-order valence-corrected chi connectivity index (χ2v) is 4.55. The van der Waals surface area contributed by atoms with Gasteiger partial charge in [0.1, 0.15) is 11.5 Å². The van der Waals surface area contributed by atoms with E-state index in [-0.39, 0.29) is 10.6 Å². The molecule has 3 heterocycles. The molecule has 0 aromatic carbocycles. The molecule has 0 atom stereocenters. The molecule has 9 heteroatoms. The minimum absolute atomic E-state index is 0.178. The van der Waals surface area contributed by atoms with Crippen molar-refractivity contribution in [3.05, 3.63) is 59.0 Å². The Balaban J connectivity index is 0.000000173. The fraction of sp³-hybridized carbons (Fsp3) is 0. The number of hydrogen-bond donors (Lipinski definition) is 0. The van der Waals surface area contributed by atoms with Crippen molar-refractivity contribution in [2.24, 2.45) is 0 Å². The summed E-state index contributed by atoms with van der Waals surface area (Å²) in [7, 11) is 0. The van der Waals surface area contributed by atoms with Crippen LogP contribution in [-0.4, -0.2) is 29.9 Å². The fourth-order valence-corrected chi connectivity index (χ4v) is 1.72. The number of aromatic nitrogens is 6. The van der Waals surface area contributed by atoms with Crippen LogP contribution in [-0.2, 0) is 0 Å². The van der Waals surface area contributed by atoms with Crippen molar-refractivity contribution in [3.63, 3.8) is 0 Å². The molecule has 0 radical (unpaired) electrons. The topological polar surface area (TPSA) is 77.3 Å². The van der Waals surface area contributed by atoms with Crippen molar-refractivity contribution in [3.8, 4) is 11.3 Å². The normalized spacial score (nSPS) is 9.67. The zero-order chi connectivity index (χ0) is 15.1. The molecule has 3 aromatic rings. The number of nitrogens with zero attached hydrogens (tertiary/aromatic N) is 6. The average molecular weight is 342 g/mol. The molecule has 3 aromatic heterocycles. The molecule has 0 aliphatic carbocycles. The van der Waals surface area contributed by atoms with Crippen LogP contribution in [0.25, 0.3) is 11.3 Å². The number of hydrogen-bond acceptors (Lipinski definition) is 6. The molecular formula is C12H7Cl3N6. The highest BCUT2D eigenvalue weighted by atomic mass is 35.5. The predicted octanol–water partition coefficient (Wildman–Crippen LogP) is 3.37. The third kappa shape index (κ3) is 5.18. The third-order valence-electron chi connectivity index (χ3n) is 2.07. The molecule has 0 amide bonds. The van der Waals surface area contributed by atoms with Gasteiger partial charge in [-0.05, 0) is 35.3 Å². The lowest BCUT2D eigenvalue weighted by molar-refractivity contribution is 1.13. The maximum atomic E-state index is 5.63. The van der Waals surface area contributed by atoms with E-state index in [0.717, 1.165) is 11.3 Å². The minimum atomic E-state index is 0.178. The Morgan fingerprint density at radius 1 is 0.762 bits per heavy atom. The molecule has 21 heavy (non-hydrogen) atoms. The number of rotatable bonds is 1. The van der Waals surface area contributed by atoms with Crippen LogP contribution in [0.15, 0.2) is 43.2 Å². The first kappa shape index (κ1) is 15.5. The fourth-order valence-electron chi connectivity index (χ4n) is 1.24. The van der Waals surface area contributed by atoms with E-state index in [1.54, 1.807) is 30.7 Å². The van der Waals surface area contributed by atoms with Gasteiger partial charge < -0.3 is 0 Å². The largest absolute Gasteiger partial charge is 0.244 e. The summed E-state index contributed by atoms with van der Waals surface area (Å²) in [5.41, 5.74) is 1.55. The van der Waals surface area contributed by atoms with Gasteiger partial charge in [0, 0.05) is 30.4 Å². The summed E-state index contributed by atoms with van der Waals surface area (Å²) in [5, 5.41) is 0.767. The van der Waals surface area contributed by atoms with Crippen LogP contribution in [0, 0.1) is 0 Å². The molecule has 0 bridgehead atoms. The van der Waals surface area contributed by atoms with Crippen LogP contribution in [0.4, 0.5) is 0 Å². The molecule has 0 saturated heterocycles. The molecule has 106 valence electrons. The van der Waals surface area contributed by atoms with Crippen molar-refractivity contribution in [1.29, 1.82) is 0 Å². The lowest BCUT2D eigenvalue weighted by Gasteiger charge is -1.97. The van der Waals surface area contributed by atoms with E-state index in [2.05, 4.69) is 29.9 Å². The van der Waals surface area contributed by atoms with Crippen molar-refractivity contribution in [1.82, 2.24) is 29.9 Å². The van der Waals surface area contributed by atoms with E-state index < -0.39 is 0 Å². The van der Waals surface area contributed by atoms with Gasteiger partial charge in [0.05, 0.1) is 5.69 Å². The zero-order valence-corrected chi connectivity index (χ0v) is 12.6. The quantitative estimate of drug-likeness (QED) is 0.499. The van der Waals surface area contributed by atoms with E-state index >= 15 is 0 Å². The Kier molecular flexibility index (Phi) is 5.74. The Hall–Kier alpha value is -1.89. The molecule has 3 rings (SSSR count). The van der Waals surface area contributed by atoms with E-state index in [1.165, 1.54) is 12.5 Å². The second kappa shape index (κ2) is 7.78. The Morgan fingerprint density at radius 2 is 1.38 bits per heavy atom. The van der Waals surface area contributed by atoms with Crippen LogP contribution in [0.2, 0.25) is 15.7 Å². The summed E-state index contributed by atoms with van der Waals surface area (Å²) in [6.07, 6.45) is 7.90. The van der Waals surface area contributed by atoms with E-state index in [0.29, 0.717) is 5.15 Å². The predicted molar refractivity (Wildman–Crippen MR) is 80.1 cm³/mol. The summed E-state index contributed by atoms with van der Waals surface area (Å²) in [5.74, 6) is 0. The lowest BCUT2D eigenvalue weighted by atomic mass is 10.2. The van der Waals surface area contributed by atoms with Crippen LogP contribution in [0.3, 0.4) is 0 Å². The highest BCUT2D eigenvalue weighted by Gasteiger charge is 1.99. The molecule has 0 N–H and O–H groups in total. The first-order valence-corrected chi connectivity index (χ1v) is 6.66. The van der Waals surface area contributed by atoms with Crippen LogP contribution >= 0.6 is 34.8 Å². The van der Waals surface area contributed by atoms with Crippen LogP contribution in [0.1, 0.15) is 0 Å². The molecular weight excluding hydrogens is 335 g/mol. The van der Waals surface area contributed by atoms with Gasteiger partial charge in [-0.3, -0.25) is 0 Å². The smallest absolute Gasteiger partial charge is 0.223 e. The summed E-state index contributed by atoms with van der Waals surface area (Å²) in [4.78, 5) is 22.8. The molecule has 0 aliphatic rings. The first-order chi connectivity index (χ1) is 10.1. The van der Waals surface area contributed by atoms with Crippen LogP contribution < -0.4 is 0 Å². The van der Waals surface area contributed by atoms with Gasteiger partial charge >= 0.3 is 0 Å². The van der Waals surface area contributed by atoms with Crippen molar-refractivity contribution < 1.29 is 0 Å². The SMILES string of the molecule is Clc1ccnc(Cl)n1.Clc1nccc(-c2cncnc2)n1. The molecule has 0 aliphatic heterocycles. The maximum Gasteiger partial charge on any atom is 0.223 e. The van der Waals surface area contributed by atoms with Crippen molar-refractivity contribution in [2.45, 2.75) is 0 Å². The molecule has 0 unspecified atom stereocenters. The highest BCUT2D eigenvalue weighted by molar-refractivity contribution is 6.31. The zero-order valence-electron chi connectivity index (χ0n) is 10.4. The Bertz CT molecular complexity index is 693.